The normalized spacial score (nSPS) is 25.3. The minimum absolute atomic E-state index is 0.000433. The minimum atomic E-state index is -1.14. The van der Waals surface area contributed by atoms with Gasteiger partial charge >= 0.3 is 5.97 Å². The van der Waals surface area contributed by atoms with Crippen molar-refractivity contribution in [3.63, 3.8) is 0 Å². The van der Waals surface area contributed by atoms with E-state index in [1.807, 2.05) is 0 Å². The number of β-lactam (4-membered cyclic amide) rings is 1. The maximum atomic E-state index is 11.9. The van der Waals surface area contributed by atoms with E-state index in [-0.39, 0.29) is 12.1 Å². The van der Waals surface area contributed by atoms with Gasteiger partial charge in [0.2, 0.25) is 5.91 Å². The monoisotopic (exact) mass is 281 g/mol. The lowest BCUT2D eigenvalue weighted by Gasteiger charge is -2.49. The maximum absolute atomic E-state index is 11.9. The van der Waals surface area contributed by atoms with E-state index >= 15 is 0 Å². The number of carboxylic acid groups (broad SMARTS) is 1. The molecule has 2 N–H and O–H groups in total. The third-order valence-corrected chi connectivity index (χ3v) is 4.34. The fourth-order valence-electron chi connectivity index (χ4n) is 2.07. The standard InChI is InChI=1S/C11H11N3O4S/c1-5-4-19-10-7(13-6(15)2-3-12)9(16)14(10)8(5)11(17)18/h7,10H,2,4H2,1H3,(H,13,15)(H,17,18)/t7?,10-/m1/s1. The van der Waals surface area contributed by atoms with Crippen LogP contribution in [0.4, 0.5) is 0 Å². The third-order valence-electron chi connectivity index (χ3n) is 2.92. The van der Waals surface area contributed by atoms with Gasteiger partial charge in [-0.05, 0) is 12.5 Å². The molecule has 1 saturated heterocycles. The summed E-state index contributed by atoms with van der Waals surface area (Å²) in [5.74, 6) is -1.61. The van der Waals surface area contributed by atoms with Crippen LogP contribution in [0.25, 0.3) is 0 Å². The van der Waals surface area contributed by atoms with Crippen molar-refractivity contribution in [2.24, 2.45) is 0 Å². The van der Waals surface area contributed by atoms with Gasteiger partial charge < -0.3 is 10.4 Å². The lowest BCUT2D eigenvalue weighted by atomic mass is 10.0. The fraction of sp³-hybridized carbons (Fsp3) is 0.455. The lowest BCUT2D eigenvalue weighted by molar-refractivity contribution is -0.150. The van der Waals surface area contributed by atoms with Crippen molar-refractivity contribution in [2.75, 3.05) is 5.75 Å². The fourth-order valence-corrected chi connectivity index (χ4v) is 3.36. The quantitative estimate of drug-likeness (QED) is 0.685. The SMILES string of the molecule is CC1=C(C(=O)O)N2C(=O)C(NC(=O)CC#N)[C@H]2SC1. The van der Waals surface area contributed by atoms with Gasteiger partial charge in [0.15, 0.2) is 0 Å². The van der Waals surface area contributed by atoms with Crippen molar-refractivity contribution in [1.82, 2.24) is 10.2 Å². The van der Waals surface area contributed by atoms with E-state index in [0.29, 0.717) is 11.3 Å². The number of rotatable bonds is 3. The Morgan fingerprint density at radius 1 is 1.63 bits per heavy atom. The molecule has 2 aliphatic heterocycles. The molecule has 100 valence electrons. The number of nitrogens with zero attached hydrogens (tertiary/aromatic N) is 2. The average Bonchev–Trinajstić information content (AvgIpc) is 2.35. The molecule has 2 aliphatic rings. The molecular weight excluding hydrogens is 270 g/mol. The van der Waals surface area contributed by atoms with Crippen LogP contribution in [-0.2, 0) is 14.4 Å². The number of fused-ring (bicyclic) bond motifs is 1. The van der Waals surface area contributed by atoms with Crippen molar-refractivity contribution in [3.05, 3.63) is 11.3 Å². The molecule has 1 fully saturated rings. The molecule has 8 heteroatoms. The second-order valence-corrected chi connectivity index (χ2v) is 5.33. The van der Waals surface area contributed by atoms with Crippen LogP contribution in [0.15, 0.2) is 11.3 Å². The highest BCUT2D eigenvalue weighted by Gasteiger charge is 2.53. The highest BCUT2D eigenvalue weighted by molar-refractivity contribution is 8.00. The number of thioether (sulfide) groups is 1. The molecule has 0 aromatic heterocycles. The van der Waals surface area contributed by atoms with Crippen LogP contribution < -0.4 is 5.32 Å². The van der Waals surface area contributed by atoms with Crippen LogP contribution in [0, 0.1) is 11.3 Å². The average molecular weight is 281 g/mol. The van der Waals surface area contributed by atoms with Crippen LogP contribution in [0.3, 0.4) is 0 Å². The van der Waals surface area contributed by atoms with E-state index in [1.165, 1.54) is 16.7 Å². The van der Waals surface area contributed by atoms with Crippen molar-refractivity contribution in [1.29, 1.82) is 5.26 Å². The number of carboxylic acids is 1. The number of amides is 2. The molecule has 2 amide bonds. The summed E-state index contributed by atoms with van der Waals surface area (Å²) < 4.78 is 0. The second kappa shape index (κ2) is 4.93. The summed E-state index contributed by atoms with van der Waals surface area (Å²) in [6, 6.07) is 0.952. The van der Waals surface area contributed by atoms with Gasteiger partial charge in [0, 0.05) is 5.75 Å². The summed E-state index contributed by atoms with van der Waals surface area (Å²) in [6.07, 6.45) is -0.318. The molecule has 0 saturated carbocycles. The van der Waals surface area contributed by atoms with Crippen molar-refractivity contribution in [3.8, 4) is 6.07 Å². The van der Waals surface area contributed by atoms with Gasteiger partial charge in [-0.3, -0.25) is 14.5 Å². The molecule has 0 aliphatic carbocycles. The second-order valence-electron chi connectivity index (χ2n) is 4.22. The number of nitriles is 1. The largest absolute Gasteiger partial charge is 0.477 e. The first-order chi connectivity index (χ1) is 8.97. The van der Waals surface area contributed by atoms with E-state index in [0.717, 1.165) is 0 Å². The molecule has 1 unspecified atom stereocenters. The maximum Gasteiger partial charge on any atom is 0.352 e. The van der Waals surface area contributed by atoms with Gasteiger partial charge in [-0.25, -0.2) is 4.79 Å². The van der Waals surface area contributed by atoms with Crippen LogP contribution in [-0.4, -0.2) is 45.0 Å². The molecule has 19 heavy (non-hydrogen) atoms. The Balaban J connectivity index is 2.14. The Bertz CT molecular complexity index is 537. The first-order valence-electron chi connectivity index (χ1n) is 5.51. The van der Waals surface area contributed by atoms with Crippen LogP contribution in [0.1, 0.15) is 13.3 Å². The zero-order valence-electron chi connectivity index (χ0n) is 10.0. The summed E-state index contributed by atoms with van der Waals surface area (Å²) in [5, 5.41) is 19.6. The molecule has 2 rings (SSSR count). The van der Waals surface area contributed by atoms with E-state index in [1.54, 1.807) is 13.0 Å². The van der Waals surface area contributed by atoms with E-state index in [4.69, 9.17) is 10.4 Å². The molecule has 0 aromatic rings. The molecular formula is C11H11N3O4S. The molecule has 0 aromatic carbocycles. The van der Waals surface area contributed by atoms with Gasteiger partial charge in [0.05, 0.1) is 6.07 Å². The molecule has 7 nitrogen and oxygen atoms in total. The van der Waals surface area contributed by atoms with Crippen LogP contribution in [0.5, 0.6) is 0 Å². The molecule has 0 spiro atoms. The Morgan fingerprint density at radius 2 is 2.32 bits per heavy atom. The molecule has 2 heterocycles. The first kappa shape index (κ1) is 13.4. The van der Waals surface area contributed by atoms with Gasteiger partial charge in [-0.1, -0.05) is 0 Å². The van der Waals surface area contributed by atoms with E-state index < -0.39 is 29.2 Å². The summed E-state index contributed by atoms with van der Waals surface area (Å²) in [6.45, 7) is 1.67. The van der Waals surface area contributed by atoms with Crippen molar-refractivity contribution < 1.29 is 19.5 Å². The number of hydrogen-bond donors (Lipinski definition) is 2. The summed E-state index contributed by atoms with van der Waals surface area (Å²) in [4.78, 5) is 35.6. The smallest absolute Gasteiger partial charge is 0.352 e. The third kappa shape index (κ3) is 2.17. The topological polar surface area (TPSA) is 110 Å². The van der Waals surface area contributed by atoms with E-state index in [9.17, 15) is 14.4 Å². The highest BCUT2D eigenvalue weighted by Crippen LogP contribution is 2.40. The Hall–Kier alpha value is -2.01. The van der Waals surface area contributed by atoms with Gasteiger partial charge in [0.1, 0.15) is 23.5 Å². The van der Waals surface area contributed by atoms with Gasteiger partial charge in [-0.2, -0.15) is 5.26 Å². The first-order valence-corrected chi connectivity index (χ1v) is 6.56. The zero-order chi connectivity index (χ0) is 14.2. The molecule has 0 radical (unpaired) electrons. The number of nitrogens with one attached hydrogen (secondary N) is 1. The molecule has 0 bridgehead atoms. The highest BCUT2D eigenvalue weighted by atomic mass is 32.2. The summed E-state index contributed by atoms with van der Waals surface area (Å²) in [7, 11) is 0. The number of aliphatic carboxylic acids is 1. The summed E-state index contributed by atoms with van der Waals surface area (Å²) in [5.41, 5.74) is 0.628. The Morgan fingerprint density at radius 3 is 2.89 bits per heavy atom. The van der Waals surface area contributed by atoms with Gasteiger partial charge in [0.25, 0.3) is 5.91 Å². The number of hydrogen-bond acceptors (Lipinski definition) is 5. The lowest BCUT2D eigenvalue weighted by Crippen LogP contribution is -2.70. The van der Waals surface area contributed by atoms with Crippen LogP contribution in [0.2, 0.25) is 0 Å². The van der Waals surface area contributed by atoms with Crippen molar-refractivity contribution >= 4 is 29.5 Å². The number of carbonyl (C=O) groups is 3. The van der Waals surface area contributed by atoms with E-state index in [2.05, 4.69) is 5.32 Å². The number of carbonyl (C=O) groups excluding carboxylic acids is 2. The zero-order valence-corrected chi connectivity index (χ0v) is 10.9. The Kier molecular flexibility index (Phi) is 3.48. The predicted molar refractivity (Wildman–Crippen MR) is 65.6 cm³/mol. The van der Waals surface area contributed by atoms with Crippen molar-refractivity contribution in [2.45, 2.75) is 24.8 Å². The summed E-state index contributed by atoms with van der Waals surface area (Å²) >= 11 is 1.40. The molecule has 2 atom stereocenters. The van der Waals surface area contributed by atoms with Crippen LogP contribution >= 0.6 is 11.8 Å². The van der Waals surface area contributed by atoms with Gasteiger partial charge in [-0.15, -0.1) is 11.8 Å². The minimum Gasteiger partial charge on any atom is -0.477 e. The Labute approximate surface area is 113 Å². The predicted octanol–water partition coefficient (Wildman–Crippen LogP) is -0.341.